The maximum atomic E-state index is 12.0. The highest BCUT2D eigenvalue weighted by Crippen LogP contribution is 2.28. The maximum Gasteiger partial charge on any atom is 0.264 e. The Morgan fingerprint density at radius 2 is 1.86 bits per heavy atom. The molecule has 2 aromatic rings. The van der Waals surface area contributed by atoms with Crippen molar-refractivity contribution >= 4 is 40.6 Å². The van der Waals surface area contributed by atoms with E-state index in [-0.39, 0.29) is 16.1 Å². The maximum absolute atomic E-state index is 12.0. The molecular formula is C14H15Cl2N3OS. The molecule has 21 heavy (non-hydrogen) atoms. The largest absolute Gasteiger partial charge is 0.347 e. The van der Waals surface area contributed by atoms with Gasteiger partial charge in [-0.05, 0) is 36.8 Å². The van der Waals surface area contributed by atoms with Crippen molar-refractivity contribution in [3.8, 4) is 0 Å². The van der Waals surface area contributed by atoms with E-state index in [0.717, 1.165) is 23.6 Å². The van der Waals surface area contributed by atoms with Crippen LogP contribution in [-0.4, -0.2) is 29.3 Å². The summed E-state index contributed by atoms with van der Waals surface area (Å²) in [4.78, 5) is 14.4. The van der Waals surface area contributed by atoms with Crippen molar-refractivity contribution in [3.05, 3.63) is 50.4 Å². The van der Waals surface area contributed by atoms with Crippen molar-refractivity contribution in [2.45, 2.75) is 13.1 Å². The minimum Gasteiger partial charge on any atom is -0.347 e. The molecule has 0 unspecified atom stereocenters. The molecule has 1 amide bonds. The molecule has 1 heterocycles. The number of amides is 1. The minimum absolute atomic E-state index is 0.167. The van der Waals surface area contributed by atoms with Gasteiger partial charge in [-0.25, -0.2) is 0 Å². The molecular weight excluding hydrogens is 329 g/mol. The molecule has 0 aliphatic rings. The SMILES string of the molecule is CN(C)Cc1ccc(CNC(=O)c2snc(Cl)c2Cl)cc1. The lowest BCUT2D eigenvalue weighted by Crippen LogP contribution is -2.22. The zero-order chi connectivity index (χ0) is 15.4. The first-order valence-corrected chi connectivity index (χ1v) is 7.81. The average Bonchev–Trinajstić information content (AvgIpc) is 2.77. The normalized spacial score (nSPS) is 10.9. The molecule has 1 N–H and O–H groups in total. The molecule has 0 atom stereocenters. The number of carbonyl (C=O) groups excluding carboxylic acids is 1. The van der Waals surface area contributed by atoms with Crippen LogP contribution in [0.2, 0.25) is 10.2 Å². The van der Waals surface area contributed by atoms with Crippen LogP contribution in [-0.2, 0) is 13.1 Å². The highest BCUT2D eigenvalue weighted by molar-refractivity contribution is 7.09. The van der Waals surface area contributed by atoms with Gasteiger partial charge < -0.3 is 10.2 Å². The summed E-state index contributed by atoms with van der Waals surface area (Å²) in [7, 11) is 4.05. The van der Waals surface area contributed by atoms with Gasteiger partial charge in [0.2, 0.25) is 0 Å². The van der Waals surface area contributed by atoms with Crippen LogP contribution in [0.15, 0.2) is 24.3 Å². The third kappa shape index (κ3) is 4.41. The van der Waals surface area contributed by atoms with E-state index in [1.165, 1.54) is 5.56 Å². The second-order valence-electron chi connectivity index (χ2n) is 4.85. The molecule has 2 rings (SSSR count). The van der Waals surface area contributed by atoms with Crippen LogP contribution >= 0.6 is 34.7 Å². The molecule has 0 spiro atoms. The quantitative estimate of drug-likeness (QED) is 0.904. The van der Waals surface area contributed by atoms with Gasteiger partial charge in [0.25, 0.3) is 5.91 Å². The van der Waals surface area contributed by atoms with Crippen LogP contribution in [0.1, 0.15) is 20.8 Å². The Morgan fingerprint density at radius 3 is 2.38 bits per heavy atom. The molecule has 0 saturated heterocycles. The Labute approximate surface area is 137 Å². The summed E-state index contributed by atoms with van der Waals surface area (Å²) in [6.45, 7) is 1.33. The van der Waals surface area contributed by atoms with E-state index in [0.29, 0.717) is 11.4 Å². The lowest BCUT2D eigenvalue weighted by atomic mass is 10.1. The third-order valence-corrected chi connectivity index (χ3v) is 4.58. The highest BCUT2D eigenvalue weighted by Gasteiger charge is 2.16. The van der Waals surface area contributed by atoms with Crippen LogP contribution in [0.25, 0.3) is 0 Å². The van der Waals surface area contributed by atoms with E-state index >= 15 is 0 Å². The van der Waals surface area contributed by atoms with Crippen molar-refractivity contribution in [1.82, 2.24) is 14.6 Å². The van der Waals surface area contributed by atoms with Crippen molar-refractivity contribution < 1.29 is 4.79 Å². The fourth-order valence-electron chi connectivity index (χ4n) is 1.79. The number of aromatic nitrogens is 1. The van der Waals surface area contributed by atoms with Gasteiger partial charge >= 0.3 is 0 Å². The van der Waals surface area contributed by atoms with Gasteiger partial charge in [0, 0.05) is 13.1 Å². The fourth-order valence-corrected chi connectivity index (χ4v) is 2.92. The first-order chi connectivity index (χ1) is 9.97. The Balaban J connectivity index is 1.94. The molecule has 0 saturated carbocycles. The Hall–Kier alpha value is -1.14. The topological polar surface area (TPSA) is 45.2 Å². The van der Waals surface area contributed by atoms with Crippen LogP contribution in [0, 0.1) is 0 Å². The zero-order valence-corrected chi connectivity index (χ0v) is 14.0. The Kier molecular flexibility index (Phi) is 5.58. The molecule has 0 aliphatic carbocycles. The number of carbonyl (C=O) groups is 1. The molecule has 0 bridgehead atoms. The molecule has 112 valence electrons. The predicted molar refractivity (Wildman–Crippen MR) is 87.1 cm³/mol. The fraction of sp³-hybridized carbons (Fsp3) is 0.286. The smallest absolute Gasteiger partial charge is 0.264 e. The number of nitrogens with one attached hydrogen (secondary N) is 1. The molecule has 0 fully saturated rings. The number of nitrogens with zero attached hydrogens (tertiary/aromatic N) is 2. The van der Waals surface area contributed by atoms with Gasteiger partial charge in [0.15, 0.2) is 5.15 Å². The van der Waals surface area contributed by atoms with Crippen molar-refractivity contribution in [3.63, 3.8) is 0 Å². The lowest BCUT2D eigenvalue weighted by molar-refractivity contribution is 0.0955. The summed E-state index contributed by atoms with van der Waals surface area (Å²) in [5, 5.41) is 3.18. The van der Waals surface area contributed by atoms with Crippen molar-refractivity contribution in [1.29, 1.82) is 0 Å². The molecule has 0 aliphatic heterocycles. The van der Waals surface area contributed by atoms with Crippen LogP contribution in [0.4, 0.5) is 0 Å². The number of hydrogen-bond donors (Lipinski definition) is 1. The molecule has 7 heteroatoms. The van der Waals surface area contributed by atoms with Gasteiger partial charge in [-0.2, -0.15) is 4.37 Å². The average molecular weight is 344 g/mol. The second-order valence-corrected chi connectivity index (χ2v) is 6.36. The Morgan fingerprint density at radius 1 is 1.24 bits per heavy atom. The van der Waals surface area contributed by atoms with Gasteiger partial charge in [-0.3, -0.25) is 4.79 Å². The van der Waals surface area contributed by atoms with E-state index in [2.05, 4.69) is 26.7 Å². The van der Waals surface area contributed by atoms with Crippen molar-refractivity contribution in [2.75, 3.05) is 14.1 Å². The molecule has 4 nitrogen and oxygen atoms in total. The molecule has 0 radical (unpaired) electrons. The number of hydrogen-bond acceptors (Lipinski definition) is 4. The number of benzene rings is 1. The first-order valence-electron chi connectivity index (χ1n) is 6.29. The molecule has 1 aromatic heterocycles. The van der Waals surface area contributed by atoms with Crippen LogP contribution < -0.4 is 5.32 Å². The predicted octanol–water partition coefficient (Wildman–Crippen LogP) is 3.44. The zero-order valence-electron chi connectivity index (χ0n) is 11.7. The van der Waals surface area contributed by atoms with Crippen LogP contribution in [0.3, 0.4) is 0 Å². The summed E-state index contributed by atoms with van der Waals surface area (Å²) in [5.41, 5.74) is 2.25. The highest BCUT2D eigenvalue weighted by atomic mass is 35.5. The van der Waals surface area contributed by atoms with Gasteiger partial charge in [0.05, 0.1) is 0 Å². The summed E-state index contributed by atoms with van der Waals surface area (Å²) in [6.07, 6.45) is 0. The van der Waals surface area contributed by atoms with E-state index in [1.807, 2.05) is 26.2 Å². The summed E-state index contributed by atoms with van der Waals surface area (Å²) < 4.78 is 3.84. The van der Waals surface area contributed by atoms with Gasteiger partial charge in [0.1, 0.15) is 9.90 Å². The monoisotopic (exact) mass is 343 g/mol. The Bertz CT molecular complexity index is 626. The third-order valence-electron chi connectivity index (χ3n) is 2.78. The van der Waals surface area contributed by atoms with E-state index in [9.17, 15) is 4.79 Å². The molecule has 1 aromatic carbocycles. The minimum atomic E-state index is -0.262. The van der Waals surface area contributed by atoms with Gasteiger partial charge in [-0.15, -0.1) is 0 Å². The summed E-state index contributed by atoms with van der Waals surface area (Å²) in [5.74, 6) is -0.262. The van der Waals surface area contributed by atoms with Gasteiger partial charge in [-0.1, -0.05) is 47.5 Å². The number of halogens is 2. The first kappa shape index (κ1) is 16.2. The number of rotatable bonds is 5. The lowest BCUT2D eigenvalue weighted by Gasteiger charge is -2.10. The van der Waals surface area contributed by atoms with E-state index < -0.39 is 0 Å². The second kappa shape index (κ2) is 7.22. The van der Waals surface area contributed by atoms with Crippen LogP contribution in [0.5, 0.6) is 0 Å². The van der Waals surface area contributed by atoms with E-state index in [4.69, 9.17) is 23.2 Å². The van der Waals surface area contributed by atoms with E-state index in [1.54, 1.807) is 0 Å². The summed E-state index contributed by atoms with van der Waals surface area (Å²) in [6, 6.07) is 8.11. The standard InChI is InChI=1S/C14H15Cl2N3OS/c1-19(2)8-10-5-3-9(4-6-10)7-17-14(20)12-11(15)13(16)18-21-12/h3-6H,7-8H2,1-2H3,(H,17,20). The summed E-state index contributed by atoms with van der Waals surface area (Å²) >= 11 is 12.6. The van der Waals surface area contributed by atoms with Crippen molar-refractivity contribution in [2.24, 2.45) is 0 Å².